The monoisotopic (exact) mass is 211 g/mol. The zero-order valence-corrected chi connectivity index (χ0v) is 8.86. The molecule has 0 fully saturated rings. The van der Waals surface area contributed by atoms with Crippen LogP contribution in [0.15, 0.2) is 10.6 Å². The van der Waals surface area contributed by atoms with Crippen molar-refractivity contribution in [3.8, 4) is 0 Å². The average molecular weight is 212 g/mol. The van der Waals surface area contributed by atoms with Crippen molar-refractivity contribution in [2.24, 2.45) is 5.92 Å². The lowest BCUT2D eigenvalue weighted by atomic mass is 10.1. The third kappa shape index (κ3) is 4.99. The summed E-state index contributed by atoms with van der Waals surface area (Å²) in [7, 11) is 0. The van der Waals surface area contributed by atoms with Gasteiger partial charge in [0.15, 0.2) is 0 Å². The van der Waals surface area contributed by atoms with Crippen LogP contribution in [0, 0.1) is 5.92 Å². The number of hydrogen-bond acceptors (Lipinski definition) is 2. The molecule has 4 heteroatoms. The van der Waals surface area contributed by atoms with Crippen LogP contribution in [0.1, 0.15) is 13.8 Å². The van der Waals surface area contributed by atoms with Gasteiger partial charge in [0.05, 0.1) is 6.61 Å². The van der Waals surface area contributed by atoms with Crippen molar-refractivity contribution in [1.29, 1.82) is 0 Å². The average Bonchev–Trinajstić information content (AvgIpc) is 2.04. The molecule has 72 valence electrons. The Morgan fingerprint density at radius 2 is 2.17 bits per heavy atom. The van der Waals surface area contributed by atoms with E-state index < -0.39 is 0 Å². The Morgan fingerprint density at radius 3 is 2.50 bits per heavy atom. The Morgan fingerprint density at radius 1 is 1.58 bits per heavy atom. The van der Waals surface area contributed by atoms with Gasteiger partial charge in [-0.1, -0.05) is 37.0 Å². The summed E-state index contributed by atoms with van der Waals surface area (Å²) >= 11 is 11.0. The Balaban J connectivity index is 3.73. The predicted octanol–water partition coefficient (Wildman–Crippen LogP) is 1.91. The molecule has 0 rings (SSSR count). The van der Waals surface area contributed by atoms with E-state index in [-0.39, 0.29) is 12.6 Å². The number of aliphatic hydroxyl groups excluding tert-OH is 1. The first-order valence-electron chi connectivity index (χ1n) is 3.90. The minimum atomic E-state index is 0.0790. The summed E-state index contributed by atoms with van der Waals surface area (Å²) in [6.45, 7) is 4.69. The van der Waals surface area contributed by atoms with Gasteiger partial charge in [-0.3, -0.25) is 0 Å². The molecule has 0 heterocycles. The molecule has 2 N–H and O–H groups in total. The standard InChI is InChI=1S/C8H15Cl2NO/c1-6(2)8(5-12)11-4-7(10)3-9/h3,6,8,11-12H,4-5H2,1-2H3. The van der Waals surface area contributed by atoms with Crippen molar-refractivity contribution in [2.45, 2.75) is 19.9 Å². The Hall–Kier alpha value is 0.240. The molecule has 2 nitrogen and oxygen atoms in total. The molecule has 12 heavy (non-hydrogen) atoms. The first kappa shape index (κ1) is 12.2. The molecule has 0 saturated heterocycles. The second-order valence-electron chi connectivity index (χ2n) is 2.97. The van der Waals surface area contributed by atoms with Gasteiger partial charge >= 0.3 is 0 Å². The van der Waals surface area contributed by atoms with Crippen LogP contribution in [-0.4, -0.2) is 24.3 Å². The van der Waals surface area contributed by atoms with Gasteiger partial charge in [0.25, 0.3) is 0 Å². The maximum atomic E-state index is 8.92. The van der Waals surface area contributed by atoms with Crippen LogP contribution in [0.2, 0.25) is 0 Å². The van der Waals surface area contributed by atoms with E-state index in [1.165, 1.54) is 5.54 Å². The molecule has 0 aliphatic heterocycles. The molecule has 0 amide bonds. The fourth-order valence-electron chi connectivity index (χ4n) is 0.778. The van der Waals surface area contributed by atoms with E-state index in [2.05, 4.69) is 5.32 Å². The van der Waals surface area contributed by atoms with Gasteiger partial charge in [-0.2, -0.15) is 0 Å². The number of nitrogens with one attached hydrogen (secondary N) is 1. The number of aliphatic hydroxyl groups is 1. The third-order valence-electron chi connectivity index (χ3n) is 1.65. The lowest BCUT2D eigenvalue weighted by Gasteiger charge is -2.19. The summed E-state index contributed by atoms with van der Waals surface area (Å²) in [5, 5.41) is 12.6. The van der Waals surface area contributed by atoms with E-state index in [4.69, 9.17) is 28.3 Å². The van der Waals surface area contributed by atoms with Crippen LogP contribution in [0.5, 0.6) is 0 Å². The molecule has 0 aromatic rings. The highest BCUT2D eigenvalue weighted by Crippen LogP contribution is 2.04. The number of halogens is 2. The maximum Gasteiger partial charge on any atom is 0.0587 e. The van der Waals surface area contributed by atoms with Crippen molar-refractivity contribution < 1.29 is 5.11 Å². The Kier molecular flexibility index (Phi) is 6.86. The molecule has 0 bridgehead atoms. The summed E-state index contributed by atoms with van der Waals surface area (Å²) in [6.07, 6.45) is 0. The molecular weight excluding hydrogens is 197 g/mol. The maximum absolute atomic E-state index is 8.92. The van der Waals surface area contributed by atoms with Crippen molar-refractivity contribution in [1.82, 2.24) is 5.32 Å². The molecular formula is C8H15Cl2NO. The van der Waals surface area contributed by atoms with Gasteiger partial charge in [0.1, 0.15) is 0 Å². The SMILES string of the molecule is CC(C)C(CO)NCC(Cl)=CCl. The van der Waals surface area contributed by atoms with Crippen LogP contribution in [0.3, 0.4) is 0 Å². The molecule has 0 aliphatic carbocycles. The van der Waals surface area contributed by atoms with Crippen LogP contribution >= 0.6 is 23.2 Å². The first-order chi connectivity index (χ1) is 5.61. The van der Waals surface area contributed by atoms with E-state index in [1.54, 1.807) is 0 Å². The minimum Gasteiger partial charge on any atom is -0.395 e. The lowest BCUT2D eigenvalue weighted by Crippen LogP contribution is -2.37. The van der Waals surface area contributed by atoms with Gasteiger partial charge in [0, 0.05) is 23.2 Å². The van der Waals surface area contributed by atoms with Crippen LogP contribution in [0.25, 0.3) is 0 Å². The summed E-state index contributed by atoms with van der Waals surface area (Å²) in [5.74, 6) is 0.384. The highest BCUT2D eigenvalue weighted by atomic mass is 35.5. The van der Waals surface area contributed by atoms with Gasteiger partial charge in [-0.15, -0.1) is 0 Å². The van der Waals surface area contributed by atoms with Crippen molar-refractivity contribution in [3.63, 3.8) is 0 Å². The second-order valence-corrected chi connectivity index (χ2v) is 3.67. The second kappa shape index (κ2) is 6.72. The van der Waals surface area contributed by atoms with Crippen LogP contribution < -0.4 is 5.32 Å². The highest BCUT2D eigenvalue weighted by Gasteiger charge is 2.10. The predicted molar refractivity (Wildman–Crippen MR) is 53.5 cm³/mol. The normalized spacial score (nSPS) is 15.3. The highest BCUT2D eigenvalue weighted by molar-refractivity contribution is 6.36. The van der Waals surface area contributed by atoms with Crippen molar-refractivity contribution >= 4 is 23.2 Å². The molecule has 0 aliphatic rings. The largest absolute Gasteiger partial charge is 0.395 e. The molecule has 1 atom stereocenters. The first-order valence-corrected chi connectivity index (χ1v) is 4.72. The summed E-state index contributed by atoms with van der Waals surface area (Å²) in [5.41, 5.74) is 1.32. The van der Waals surface area contributed by atoms with E-state index in [0.29, 0.717) is 17.5 Å². The van der Waals surface area contributed by atoms with Crippen LogP contribution in [0.4, 0.5) is 0 Å². The van der Waals surface area contributed by atoms with Gasteiger partial charge < -0.3 is 10.4 Å². The van der Waals surface area contributed by atoms with Gasteiger partial charge in [-0.05, 0) is 5.92 Å². The minimum absolute atomic E-state index is 0.0790. The van der Waals surface area contributed by atoms with E-state index in [9.17, 15) is 0 Å². The fraction of sp³-hybridized carbons (Fsp3) is 0.750. The van der Waals surface area contributed by atoms with Crippen LogP contribution in [-0.2, 0) is 0 Å². The molecule has 0 aromatic heterocycles. The fourth-order valence-corrected chi connectivity index (χ4v) is 0.933. The van der Waals surface area contributed by atoms with Gasteiger partial charge in [-0.25, -0.2) is 0 Å². The zero-order chi connectivity index (χ0) is 9.56. The molecule has 0 radical (unpaired) electrons. The lowest BCUT2D eigenvalue weighted by molar-refractivity contribution is 0.214. The van der Waals surface area contributed by atoms with E-state index >= 15 is 0 Å². The smallest absolute Gasteiger partial charge is 0.0587 e. The summed E-state index contributed by atoms with van der Waals surface area (Å²) in [4.78, 5) is 0. The molecule has 0 spiro atoms. The Labute approximate surface area is 83.6 Å². The Bertz CT molecular complexity index is 148. The van der Waals surface area contributed by atoms with Crippen molar-refractivity contribution in [3.05, 3.63) is 10.6 Å². The van der Waals surface area contributed by atoms with Gasteiger partial charge in [0.2, 0.25) is 0 Å². The summed E-state index contributed by atoms with van der Waals surface area (Å²) in [6, 6.07) is 0.0790. The quantitative estimate of drug-likeness (QED) is 0.729. The molecule has 1 unspecified atom stereocenters. The molecule has 0 aromatic carbocycles. The van der Waals surface area contributed by atoms with Crippen molar-refractivity contribution in [2.75, 3.05) is 13.2 Å². The topological polar surface area (TPSA) is 32.3 Å². The summed E-state index contributed by atoms with van der Waals surface area (Å²) < 4.78 is 0. The van der Waals surface area contributed by atoms with E-state index in [1.807, 2.05) is 13.8 Å². The molecule has 0 saturated carbocycles. The number of hydrogen-bond donors (Lipinski definition) is 2. The zero-order valence-electron chi connectivity index (χ0n) is 7.35. The number of rotatable bonds is 5. The third-order valence-corrected chi connectivity index (χ3v) is 2.27. The van der Waals surface area contributed by atoms with E-state index in [0.717, 1.165) is 0 Å².